The van der Waals surface area contributed by atoms with Gasteiger partial charge in [-0.15, -0.1) is 0 Å². The highest BCUT2D eigenvalue weighted by atomic mass is 16.2. The summed E-state index contributed by atoms with van der Waals surface area (Å²) in [6, 6.07) is 7.88. The number of rotatable bonds is 6. The molecule has 0 spiro atoms. The zero-order chi connectivity index (χ0) is 20.4. The minimum absolute atomic E-state index is 0.0102. The van der Waals surface area contributed by atoms with Crippen molar-refractivity contribution in [2.75, 3.05) is 50.7 Å². The van der Waals surface area contributed by atoms with Crippen LogP contribution in [0.4, 0.5) is 5.69 Å². The molecule has 1 saturated carbocycles. The van der Waals surface area contributed by atoms with E-state index in [4.69, 9.17) is 0 Å². The highest BCUT2D eigenvalue weighted by molar-refractivity contribution is 5.94. The van der Waals surface area contributed by atoms with Crippen molar-refractivity contribution in [2.45, 2.75) is 45.1 Å². The number of anilines is 1. The van der Waals surface area contributed by atoms with Gasteiger partial charge in [0.2, 0.25) is 5.91 Å². The molecule has 4 rings (SSSR count). The molecule has 2 amide bonds. The largest absolute Gasteiger partial charge is 0.368 e. The van der Waals surface area contributed by atoms with Crippen LogP contribution in [0.15, 0.2) is 24.3 Å². The molecule has 0 unspecified atom stereocenters. The van der Waals surface area contributed by atoms with Gasteiger partial charge in [0.1, 0.15) is 0 Å². The minimum atomic E-state index is -0.0105. The fourth-order valence-electron chi connectivity index (χ4n) is 4.43. The van der Waals surface area contributed by atoms with Crippen molar-refractivity contribution < 1.29 is 9.59 Å². The van der Waals surface area contributed by atoms with Crippen molar-refractivity contribution in [3.05, 3.63) is 29.8 Å². The highest BCUT2D eigenvalue weighted by Gasteiger charge is 2.34. The van der Waals surface area contributed by atoms with Gasteiger partial charge in [0.05, 0.1) is 0 Å². The first-order valence-electron chi connectivity index (χ1n) is 11.1. The summed E-state index contributed by atoms with van der Waals surface area (Å²) >= 11 is 0. The predicted molar refractivity (Wildman–Crippen MR) is 115 cm³/mol. The van der Waals surface area contributed by atoms with Crippen molar-refractivity contribution in [1.29, 1.82) is 0 Å². The second-order valence-electron chi connectivity index (χ2n) is 9.32. The standard InChI is InChI=1S/C23H34N4O2/c1-23(2,27-11-3-4-12-27)17-24-21(28)18-7-9-20(10-8-18)25-13-15-26(16-14-25)22(29)19-5-6-19/h7-10,19H,3-6,11-17H2,1-2H3,(H,24,28). The maximum Gasteiger partial charge on any atom is 0.251 e. The third-order valence-electron chi connectivity index (χ3n) is 6.66. The first-order chi connectivity index (χ1) is 13.9. The average molecular weight is 399 g/mol. The third kappa shape index (κ3) is 4.74. The number of likely N-dealkylation sites (tertiary alicyclic amines) is 1. The lowest BCUT2D eigenvalue weighted by molar-refractivity contribution is -0.132. The van der Waals surface area contributed by atoms with Gasteiger partial charge in [0.25, 0.3) is 5.91 Å². The Hall–Kier alpha value is -2.08. The molecular formula is C23H34N4O2. The molecule has 1 aromatic rings. The molecule has 2 heterocycles. The number of piperazine rings is 1. The first-order valence-corrected chi connectivity index (χ1v) is 11.1. The Morgan fingerprint density at radius 1 is 0.966 bits per heavy atom. The molecule has 2 aliphatic heterocycles. The van der Waals surface area contributed by atoms with Gasteiger partial charge in [-0.3, -0.25) is 14.5 Å². The number of nitrogens with zero attached hydrogens (tertiary/aromatic N) is 3. The molecule has 0 radical (unpaired) electrons. The molecule has 6 nitrogen and oxygen atoms in total. The zero-order valence-corrected chi connectivity index (χ0v) is 17.8. The molecule has 1 aromatic carbocycles. The minimum Gasteiger partial charge on any atom is -0.368 e. The summed E-state index contributed by atoms with van der Waals surface area (Å²) in [5.74, 6) is 0.631. The molecule has 2 saturated heterocycles. The van der Waals surface area contributed by atoms with Crippen LogP contribution >= 0.6 is 0 Å². The van der Waals surface area contributed by atoms with Crippen molar-refractivity contribution in [3.63, 3.8) is 0 Å². The van der Waals surface area contributed by atoms with Gasteiger partial charge in [0.15, 0.2) is 0 Å². The fourth-order valence-corrected chi connectivity index (χ4v) is 4.43. The van der Waals surface area contributed by atoms with Gasteiger partial charge < -0.3 is 15.1 Å². The van der Waals surface area contributed by atoms with Crippen LogP contribution in [-0.2, 0) is 4.79 Å². The fraction of sp³-hybridized carbons (Fsp3) is 0.652. The van der Waals surface area contributed by atoms with Crippen LogP contribution in [0.25, 0.3) is 0 Å². The summed E-state index contributed by atoms with van der Waals surface area (Å²) in [4.78, 5) is 31.6. The van der Waals surface area contributed by atoms with Crippen LogP contribution in [-0.4, -0.2) is 73.0 Å². The van der Waals surface area contributed by atoms with E-state index in [0.29, 0.717) is 23.9 Å². The van der Waals surface area contributed by atoms with Gasteiger partial charge in [-0.2, -0.15) is 0 Å². The lowest BCUT2D eigenvalue weighted by Gasteiger charge is -2.36. The maximum atomic E-state index is 12.6. The summed E-state index contributed by atoms with van der Waals surface area (Å²) in [5, 5.41) is 3.11. The molecule has 6 heteroatoms. The van der Waals surface area contributed by atoms with Crippen LogP contribution in [0.5, 0.6) is 0 Å². The topological polar surface area (TPSA) is 55.9 Å². The number of carbonyl (C=O) groups excluding carboxylic acids is 2. The Morgan fingerprint density at radius 3 is 2.17 bits per heavy atom. The van der Waals surface area contributed by atoms with Crippen molar-refractivity contribution in [3.8, 4) is 0 Å². The molecular weight excluding hydrogens is 364 g/mol. The molecule has 158 valence electrons. The Bertz CT molecular complexity index is 728. The van der Waals surface area contributed by atoms with Crippen LogP contribution < -0.4 is 10.2 Å². The zero-order valence-electron chi connectivity index (χ0n) is 17.8. The second kappa shape index (κ2) is 8.34. The predicted octanol–water partition coefficient (Wildman–Crippen LogP) is 2.35. The van der Waals surface area contributed by atoms with Crippen LogP contribution in [0.2, 0.25) is 0 Å². The van der Waals surface area contributed by atoms with E-state index in [1.165, 1.54) is 12.8 Å². The number of hydrogen-bond donors (Lipinski definition) is 1. The summed E-state index contributed by atoms with van der Waals surface area (Å²) in [7, 11) is 0. The average Bonchev–Trinajstić information content (AvgIpc) is 3.44. The van der Waals surface area contributed by atoms with Gasteiger partial charge in [-0.1, -0.05) is 0 Å². The number of hydrogen-bond acceptors (Lipinski definition) is 4. The van der Waals surface area contributed by atoms with E-state index < -0.39 is 0 Å². The summed E-state index contributed by atoms with van der Waals surface area (Å²) in [6.45, 7) is 10.6. The molecule has 0 bridgehead atoms. The van der Waals surface area contributed by atoms with Crippen LogP contribution in [0.3, 0.4) is 0 Å². The molecule has 0 aromatic heterocycles. The molecule has 1 aliphatic carbocycles. The molecule has 29 heavy (non-hydrogen) atoms. The number of nitrogens with one attached hydrogen (secondary N) is 1. The Labute approximate surface area is 174 Å². The van der Waals surface area contributed by atoms with E-state index in [0.717, 1.165) is 57.8 Å². The monoisotopic (exact) mass is 398 g/mol. The van der Waals surface area contributed by atoms with Crippen LogP contribution in [0.1, 0.15) is 49.9 Å². The Balaban J connectivity index is 1.27. The molecule has 3 aliphatic rings. The summed E-state index contributed by atoms with van der Waals surface area (Å²) in [5.41, 5.74) is 1.81. The smallest absolute Gasteiger partial charge is 0.251 e. The Kier molecular flexibility index (Phi) is 5.81. The SMILES string of the molecule is CC(C)(CNC(=O)c1ccc(N2CCN(C(=O)C3CC3)CC2)cc1)N1CCCC1. The lowest BCUT2D eigenvalue weighted by atomic mass is 10.0. The van der Waals surface area contributed by atoms with E-state index in [9.17, 15) is 9.59 Å². The van der Waals surface area contributed by atoms with Crippen LogP contribution in [0, 0.1) is 5.92 Å². The Morgan fingerprint density at radius 2 is 1.59 bits per heavy atom. The van der Waals surface area contributed by atoms with Gasteiger partial charge in [-0.05, 0) is 76.9 Å². The molecule has 1 N–H and O–H groups in total. The van der Waals surface area contributed by atoms with Gasteiger partial charge >= 0.3 is 0 Å². The van der Waals surface area contributed by atoms with Crippen molar-refractivity contribution in [2.24, 2.45) is 5.92 Å². The van der Waals surface area contributed by atoms with E-state index >= 15 is 0 Å². The molecule has 3 fully saturated rings. The number of amides is 2. The maximum absolute atomic E-state index is 12.6. The molecule has 0 atom stereocenters. The summed E-state index contributed by atoms with van der Waals surface area (Å²) in [6.07, 6.45) is 4.64. The van der Waals surface area contributed by atoms with E-state index in [1.54, 1.807) is 0 Å². The highest BCUT2D eigenvalue weighted by Crippen LogP contribution is 2.31. The van der Waals surface area contributed by atoms with E-state index in [-0.39, 0.29) is 11.4 Å². The quantitative estimate of drug-likeness (QED) is 0.799. The third-order valence-corrected chi connectivity index (χ3v) is 6.66. The van der Waals surface area contributed by atoms with E-state index in [1.807, 2.05) is 29.2 Å². The van der Waals surface area contributed by atoms with E-state index in [2.05, 4.69) is 29.0 Å². The number of carbonyl (C=O) groups is 2. The second-order valence-corrected chi connectivity index (χ2v) is 9.32. The van der Waals surface area contributed by atoms with Crippen molar-refractivity contribution in [1.82, 2.24) is 15.1 Å². The summed E-state index contributed by atoms with van der Waals surface area (Å²) < 4.78 is 0. The normalized spacial score (nSPS) is 20.8. The van der Waals surface area contributed by atoms with Crippen molar-refractivity contribution >= 4 is 17.5 Å². The lowest BCUT2D eigenvalue weighted by Crippen LogP contribution is -2.50. The number of benzene rings is 1. The first kappa shape index (κ1) is 20.2. The van der Waals surface area contributed by atoms with Gasteiger partial charge in [-0.25, -0.2) is 0 Å². The van der Waals surface area contributed by atoms with Gasteiger partial charge in [0, 0.05) is 55.4 Å².